The maximum absolute atomic E-state index is 12.1. The third-order valence-corrected chi connectivity index (χ3v) is 4.08. The molecule has 1 heterocycles. The summed E-state index contributed by atoms with van der Waals surface area (Å²) >= 11 is 1.36. The third-order valence-electron chi connectivity index (χ3n) is 3.16. The summed E-state index contributed by atoms with van der Waals surface area (Å²) in [4.78, 5) is 13.7. The van der Waals surface area contributed by atoms with Gasteiger partial charge in [0.15, 0.2) is 5.16 Å². The van der Waals surface area contributed by atoms with E-state index in [-0.39, 0.29) is 5.91 Å². The first kappa shape index (κ1) is 14.7. The summed E-state index contributed by atoms with van der Waals surface area (Å²) in [5.41, 5.74) is 5.79. The molecule has 7 nitrogen and oxygen atoms in total. The number of carbonyl (C=O) groups is 1. The normalized spacial score (nSPS) is 14.0. The number of nitrogens with two attached hydrogens (primary N) is 1. The molecule has 0 radical (unpaired) electrons. The lowest BCUT2D eigenvalue weighted by Crippen LogP contribution is -2.33. The quantitative estimate of drug-likeness (QED) is 0.754. The molecule has 0 unspecified atom stereocenters. The molecule has 1 fully saturated rings. The van der Waals surface area contributed by atoms with Gasteiger partial charge in [-0.25, -0.2) is 0 Å². The van der Waals surface area contributed by atoms with Crippen LogP contribution in [0.25, 0.3) is 0 Å². The van der Waals surface area contributed by atoms with Gasteiger partial charge in [-0.1, -0.05) is 11.8 Å². The Labute approximate surface area is 122 Å². The van der Waals surface area contributed by atoms with Crippen LogP contribution in [0.2, 0.25) is 0 Å². The molecule has 1 amide bonds. The minimum atomic E-state index is 0.0108. The van der Waals surface area contributed by atoms with Gasteiger partial charge in [-0.2, -0.15) is 5.26 Å². The number of nitriles is 1. The summed E-state index contributed by atoms with van der Waals surface area (Å²) in [5, 5.41) is 17.2. The first-order chi connectivity index (χ1) is 9.67. The highest BCUT2D eigenvalue weighted by Gasteiger charge is 2.29. The predicted molar refractivity (Wildman–Crippen MR) is 75.9 cm³/mol. The number of nitrogen functional groups attached to an aromatic ring is 1. The number of thioether (sulfide) groups is 1. The molecule has 1 aromatic rings. The molecule has 0 spiro atoms. The third kappa shape index (κ3) is 3.42. The molecular formula is C12H18N6OS. The molecule has 1 saturated carbocycles. The number of amides is 1. The molecule has 0 aliphatic heterocycles. The monoisotopic (exact) mass is 294 g/mol. The topological polar surface area (TPSA) is 101 Å². The summed E-state index contributed by atoms with van der Waals surface area (Å²) < 4.78 is 1.91. The zero-order valence-corrected chi connectivity index (χ0v) is 12.3. The Morgan fingerprint density at radius 3 is 2.95 bits per heavy atom. The Hall–Kier alpha value is -1.75. The van der Waals surface area contributed by atoms with Gasteiger partial charge in [0, 0.05) is 19.1 Å². The molecule has 2 N–H and O–H groups in total. The zero-order valence-electron chi connectivity index (χ0n) is 11.4. The summed E-state index contributed by atoms with van der Waals surface area (Å²) in [7, 11) is 0. The van der Waals surface area contributed by atoms with Crippen LogP contribution < -0.4 is 5.73 Å². The lowest BCUT2D eigenvalue weighted by Gasteiger charge is -2.19. The molecule has 2 rings (SSSR count). The molecule has 0 aromatic carbocycles. The number of anilines is 1. The zero-order chi connectivity index (χ0) is 14.5. The highest BCUT2D eigenvalue weighted by molar-refractivity contribution is 7.99. The van der Waals surface area contributed by atoms with E-state index in [1.807, 2.05) is 11.5 Å². The molecule has 1 aliphatic carbocycles. The van der Waals surface area contributed by atoms with Crippen molar-refractivity contribution in [2.45, 2.75) is 37.4 Å². The molecule has 0 saturated heterocycles. The second kappa shape index (κ2) is 6.61. The number of hydrogen-bond acceptors (Lipinski definition) is 6. The predicted octanol–water partition coefficient (Wildman–Crippen LogP) is 1.05. The minimum Gasteiger partial charge on any atom is -0.368 e. The van der Waals surface area contributed by atoms with Crippen LogP contribution in [0.1, 0.15) is 32.2 Å². The number of nitrogens with zero attached hydrogens (tertiary/aromatic N) is 5. The van der Waals surface area contributed by atoms with Crippen LogP contribution >= 0.6 is 11.8 Å². The Morgan fingerprint density at radius 1 is 1.60 bits per heavy atom. The van der Waals surface area contributed by atoms with Crippen LogP contribution in [-0.2, 0) is 4.79 Å². The molecule has 108 valence electrons. The summed E-state index contributed by atoms with van der Waals surface area (Å²) in [5.74, 6) is 0.723. The van der Waals surface area contributed by atoms with Crippen molar-refractivity contribution in [3.63, 3.8) is 0 Å². The van der Waals surface area contributed by atoms with Crippen molar-refractivity contribution in [1.82, 2.24) is 19.7 Å². The summed E-state index contributed by atoms with van der Waals surface area (Å²) in [6, 6.07) is 2.45. The number of hydrogen-bond donors (Lipinski definition) is 1. The van der Waals surface area contributed by atoms with Crippen molar-refractivity contribution >= 4 is 23.6 Å². The molecule has 0 bridgehead atoms. The van der Waals surface area contributed by atoms with Crippen molar-refractivity contribution in [2.75, 3.05) is 24.6 Å². The fraction of sp³-hybridized carbons (Fsp3) is 0.667. The molecule has 1 aliphatic rings. The van der Waals surface area contributed by atoms with Crippen LogP contribution in [0.3, 0.4) is 0 Å². The summed E-state index contributed by atoms with van der Waals surface area (Å²) in [6.45, 7) is 2.99. The maximum atomic E-state index is 12.1. The van der Waals surface area contributed by atoms with E-state index in [1.165, 1.54) is 11.8 Å². The van der Waals surface area contributed by atoms with Crippen LogP contribution in [0.15, 0.2) is 5.16 Å². The summed E-state index contributed by atoms with van der Waals surface area (Å²) in [6.07, 6.45) is 2.54. The van der Waals surface area contributed by atoms with E-state index in [0.29, 0.717) is 42.4 Å². The van der Waals surface area contributed by atoms with Crippen molar-refractivity contribution in [3.05, 3.63) is 0 Å². The fourth-order valence-corrected chi connectivity index (χ4v) is 2.84. The van der Waals surface area contributed by atoms with Gasteiger partial charge in [-0.3, -0.25) is 9.36 Å². The van der Waals surface area contributed by atoms with Gasteiger partial charge in [0.25, 0.3) is 0 Å². The van der Waals surface area contributed by atoms with Crippen LogP contribution in [0.4, 0.5) is 5.95 Å². The van der Waals surface area contributed by atoms with E-state index in [9.17, 15) is 4.79 Å². The Morgan fingerprint density at radius 2 is 2.35 bits per heavy atom. The molecule has 0 atom stereocenters. The number of aromatic nitrogens is 3. The van der Waals surface area contributed by atoms with Crippen LogP contribution in [0.5, 0.6) is 0 Å². The second-order valence-corrected chi connectivity index (χ2v) is 5.55. The van der Waals surface area contributed by atoms with Gasteiger partial charge < -0.3 is 10.6 Å². The second-order valence-electron chi connectivity index (χ2n) is 4.61. The van der Waals surface area contributed by atoms with Crippen molar-refractivity contribution in [2.24, 2.45) is 0 Å². The van der Waals surface area contributed by atoms with Gasteiger partial charge in [-0.15, -0.1) is 10.2 Å². The Balaban J connectivity index is 1.91. The van der Waals surface area contributed by atoms with E-state index < -0.39 is 0 Å². The number of carbonyl (C=O) groups excluding carboxylic acids is 1. The maximum Gasteiger partial charge on any atom is 0.233 e. The van der Waals surface area contributed by atoms with E-state index in [4.69, 9.17) is 11.0 Å². The van der Waals surface area contributed by atoms with Crippen molar-refractivity contribution < 1.29 is 4.79 Å². The smallest absolute Gasteiger partial charge is 0.233 e. The SMILES string of the molecule is CCN(CCC#N)C(=O)CSc1nnc(N)n1C1CC1. The lowest BCUT2D eigenvalue weighted by molar-refractivity contribution is -0.128. The largest absolute Gasteiger partial charge is 0.368 e. The average molecular weight is 294 g/mol. The standard InChI is InChI=1S/C12H18N6OS/c1-2-17(7-3-6-13)10(19)8-20-12-16-15-11(14)18(12)9-4-5-9/h9H,2-5,7-8H2,1H3,(H2,14,15). The molecule has 8 heteroatoms. The van der Waals surface area contributed by atoms with Gasteiger partial charge in [0.05, 0.1) is 18.2 Å². The molecule has 20 heavy (non-hydrogen) atoms. The van der Waals surface area contributed by atoms with Crippen LogP contribution in [-0.4, -0.2) is 44.4 Å². The molecule has 1 aromatic heterocycles. The van der Waals surface area contributed by atoms with Gasteiger partial charge in [0.1, 0.15) is 0 Å². The van der Waals surface area contributed by atoms with Crippen molar-refractivity contribution in [3.8, 4) is 6.07 Å². The lowest BCUT2D eigenvalue weighted by atomic mass is 10.4. The van der Waals surface area contributed by atoms with E-state index in [1.54, 1.807) is 4.90 Å². The van der Waals surface area contributed by atoms with E-state index >= 15 is 0 Å². The van der Waals surface area contributed by atoms with Crippen molar-refractivity contribution in [1.29, 1.82) is 5.26 Å². The average Bonchev–Trinajstić information content (AvgIpc) is 3.21. The molecular weight excluding hydrogens is 276 g/mol. The van der Waals surface area contributed by atoms with E-state index in [0.717, 1.165) is 12.8 Å². The highest BCUT2D eigenvalue weighted by Crippen LogP contribution is 2.39. The first-order valence-electron chi connectivity index (χ1n) is 6.65. The minimum absolute atomic E-state index is 0.0108. The van der Waals surface area contributed by atoms with Gasteiger partial charge in [-0.05, 0) is 19.8 Å². The van der Waals surface area contributed by atoms with Gasteiger partial charge in [0.2, 0.25) is 11.9 Å². The van der Waals surface area contributed by atoms with Gasteiger partial charge >= 0.3 is 0 Å². The van der Waals surface area contributed by atoms with E-state index in [2.05, 4.69) is 16.3 Å². The fourth-order valence-electron chi connectivity index (χ4n) is 1.92. The highest BCUT2D eigenvalue weighted by atomic mass is 32.2. The van der Waals surface area contributed by atoms with Crippen LogP contribution in [0, 0.1) is 11.3 Å². The number of rotatable bonds is 7. The Bertz CT molecular complexity index is 519. The first-order valence-corrected chi connectivity index (χ1v) is 7.63. The Kier molecular flexibility index (Phi) is 4.84.